The van der Waals surface area contributed by atoms with Crippen LogP contribution in [0.2, 0.25) is 0 Å². The topological polar surface area (TPSA) is 49.4 Å². The van der Waals surface area contributed by atoms with Gasteiger partial charge in [0.15, 0.2) is 0 Å². The van der Waals surface area contributed by atoms with Gasteiger partial charge >= 0.3 is 6.18 Å². The van der Waals surface area contributed by atoms with E-state index < -0.39 is 36.1 Å². The average molecular weight is 308 g/mol. The molecule has 2 unspecified atom stereocenters. The Kier molecular flexibility index (Phi) is 5.28. The van der Waals surface area contributed by atoms with E-state index in [-0.39, 0.29) is 18.8 Å². The monoisotopic (exact) mass is 308 g/mol. The Balaban J connectivity index is 3.23. The van der Waals surface area contributed by atoms with Crippen LogP contribution in [0.15, 0.2) is 0 Å². The molecule has 0 aromatic heterocycles. The number of nitrogens with one attached hydrogen (secondary N) is 1. The maximum atomic E-state index is 12.8. The van der Waals surface area contributed by atoms with E-state index in [1.54, 1.807) is 27.7 Å². The number of rotatable bonds is 5. The van der Waals surface area contributed by atoms with E-state index in [1.165, 1.54) is 0 Å². The molecule has 1 N–H and O–H groups in total. The van der Waals surface area contributed by atoms with Gasteiger partial charge in [-0.05, 0) is 18.8 Å². The number of halogens is 3. The van der Waals surface area contributed by atoms with Gasteiger partial charge in [-0.2, -0.15) is 13.2 Å². The van der Waals surface area contributed by atoms with Crippen LogP contribution in [-0.2, 0) is 9.59 Å². The molecule has 1 aliphatic rings. The summed E-state index contributed by atoms with van der Waals surface area (Å²) in [5.74, 6) is -1.45. The Morgan fingerprint density at radius 1 is 1.24 bits per heavy atom. The molecular weight excluding hydrogens is 285 g/mol. The van der Waals surface area contributed by atoms with Gasteiger partial charge < -0.3 is 10.2 Å². The van der Waals surface area contributed by atoms with E-state index in [1.807, 2.05) is 0 Å². The van der Waals surface area contributed by atoms with Crippen LogP contribution in [0, 0.1) is 5.92 Å². The number of piperazine rings is 1. The van der Waals surface area contributed by atoms with Gasteiger partial charge in [0.05, 0.1) is 0 Å². The Morgan fingerprint density at radius 3 is 2.14 bits per heavy atom. The predicted octanol–water partition coefficient (Wildman–Crippen LogP) is 2.48. The number of hydrogen-bond donors (Lipinski definition) is 1. The highest BCUT2D eigenvalue weighted by Gasteiger charge is 2.52. The van der Waals surface area contributed by atoms with Crippen LogP contribution >= 0.6 is 0 Å². The maximum absolute atomic E-state index is 12.8. The number of alkyl halides is 3. The number of nitrogens with zero attached hydrogens (tertiary/aromatic N) is 1. The molecule has 7 heteroatoms. The van der Waals surface area contributed by atoms with Gasteiger partial charge in [0.25, 0.3) is 0 Å². The van der Waals surface area contributed by atoms with Crippen LogP contribution in [0.3, 0.4) is 0 Å². The van der Waals surface area contributed by atoms with Crippen molar-refractivity contribution >= 4 is 11.8 Å². The first-order chi connectivity index (χ1) is 9.61. The maximum Gasteiger partial charge on any atom is 0.406 e. The van der Waals surface area contributed by atoms with Gasteiger partial charge in [-0.15, -0.1) is 0 Å². The number of amides is 2. The highest BCUT2D eigenvalue weighted by Crippen LogP contribution is 2.31. The van der Waals surface area contributed by atoms with E-state index in [0.29, 0.717) is 6.42 Å². The summed E-state index contributed by atoms with van der Waals surface area (Å²) < 4.78 is 38.4. The second kappa shape index (κ2) is 6.23. The molecule has 122 valence electrons. The Hall–Kier alpha value is -1.27. The van der Waals surface area contributed by atoms with Gasteiger partial charge in [0.2, 0.25) is 11.8 Å². The van der Waals surface area contributed by atoms with E-state index >= 15 is 0 Å². The normalized spacial score (nSPS) is 24.0. The third-order valence-corrected chi connectivity index (χ3v) is 4.38. The lowest BCUT2D eigenvalue weighted by atomic mass is 9.84. The van der Waals surface area contributed by atoms with Gasteiger partial charge in [-0.1, -0.05) is 34.1 Å². The van der Waals surface area contributed by atoms with Crippen LogP contribution in [0.1, 0.15) is 47.0 Å². The average Bonchev–Trinajstić information content (AvgIpc) is 2.40. The van der Waals surface area contributed by atoms with E-state index in [9.17, 15) is 22.8 Å². The summed E-state index contributed by atoms with van der Waals surface area (Å²) in [4.78, 5) is 25.6. The van der Waals surface area contributed by atoms with Crippen molar-refractivity contribution in [1.29, 1.82) is 0 Å². The lowest BCUT2D eigenvalue weighted by Gasteiger charge is -2.47. The number of carbonyl (C=O) groups excluding carboxylic acids is 2. The molecule has 1 aliphatic heterocycles. The number of carbonyl (C=O) groups is 2. The SMILES string of the molecule is CCC(C)C1C(=O)NC(CC)(CC)C(=O)N1CC(F)(F)F. The van der Waals surface area contributed by atoms with Crippen LogP contribution < -0.4 is 5.32 Å². The summed E-state index contributed by atoms with van der Waals surface area (Å²) in [6.07, 6.45) is -3.46. The molecule has 0 aromatic rings. The lowest BCUT2D eigenvalue weighted by molar-refractivity contribution is -0.181. The summed E-state index contributed by atoms with van der Waals surface area (Å²) in [6, 6.07) is -1.06. The van der Waals surface area contributed by atoms with Crippen molar-refractivity contribution in [1.82, 2.24) is 10.2 Å². The molecule has 0 bridgehead atoms. The largest absolute Gasteiger partial charge is 0.406 e. The van der Waals surface area contributed by atoms with Crippen molar-refractivity contribution in [2.45, 2.75) is 64.7 Å². The highest BCUT2D eigenvalue weighted by molar-refractivity contribution is 6.00. The predicted molar refractivity (Wildman–Crippen MR) is 72.5 cm³/mol. The fourth-order valence-electron chi connectivity index (χ4n) is 2.79. The summed E-state index contributed by atoms with van der Waals surface area (Å²) in [7, 11) is 0. The van der Waals surface area contributed by atoms with Crippen LogP contribution in [0.25, 0.3) is 0 Å². The van der Waals surface area contributed by atoms with Gasteiger partial charge in [0, 0.05) is 0 Å². The third kappa shape index (κ3) is 3.49. The summed E-state index contributed by atoms with van der Waals surface area (Å²) in [5.41, 5.74) is -1.22. The van der Waals surface area contributed by atoms with Gasteiger partial charge in [-0.3, -0.25) is 9.59 Å². The van der Waals surface area contributed by atoms with E-state index in [4.69, 9.17) is 0 Å². The van der Waals surface area contributed by atoms with E-state index in [0.717, 1.165) is 4.90 Å². The molecule has 0 saturated carbocycles. The summed E-state index contributed by atoms with van der Waals surface area (Å²) in [6.45, 7) is 5.48. The minimum Gasteiger partial charge on any atom is -0.340 e. The smallest absolute Gasteiger partial charge is 0.340 e. The molecule has 1 saturated heterocycles. The zero-order chi connectivity index (χ0) is 16.4. The van der Waals surface area contributed by atoms with Gasteiger partial charge in [0.1, 0.15) is 18.1 Å². The highest BCUT2D eigenvalue weighted by atomic mass is 19.4. The fraction of sp³-hybridized carbons (Fsp3) is 0.857. The second-order valence-electron chi connectivity index (χ2n) is 5.66. The molecule has 0 aliphatic carbocycles. The molecule has 1 rings (SSSR count). The fourth-order valence-corrected chi connectivity index (χ4v) is 2.79. The van der Waals surface area contributed by atoms with Crippen molar-refractivity contribution in [3.8, 4) is 0 Å². The first kappa shape index (κ1) is 17.8. The molecule has 1 heterocycles. The van der Waals surface area contributed by atoms with Crippen LogP contribution in [0.5, 0.6) is 0 Å². The zero-order valence-electron chi connectivity index (χ0n) is 12.9. The summed E-state index contributed by atoms with van der Waals surface area (Å²) >= 11 is 0. The standard InChI is InChI=1S/C14H23F3N2O2/c1-5-9(4)10-11(20)18-13(6-2,7-3)12(21)19(10)8-14(15,16)17/h9-10H,5-8H2,1-4H3,(H,18,20). The summed E-state index contributed by atoms with van der Waals surface area (Å²) in [5, 5.41) is 2.66. The third-order valence-electron chi connectivity index (χ3n) is 4.38. The Bertz CT molecular complexity index is 406. The molecule has 21 heavy (non-hydrogen) atoms. The van der Waals surface area contributed by atoms with Crippen molar-refractivity contribution in [3.05, 3.63) is 0 Å². The van der Waals surface area contributed by atoms with Crippen molar-refractivity contribution in [2.75, 3.05) is 6.54 Å². The second-order valence-corrected chi connectivity index (χ2v) is 5.66. The van der Waals surface area contributed by atoms with Crippen LogP contribution in [0.4, 0.5) is 13.2 Å². The molecule has 0 spiro atoms. The van der Waals surface area contributed by atoms with E-state index in [2.05, 4.69) is 5.32 Å². The zero-order valence-corrected chi connectivity index (χ0v) is 12.9. The molecular formula is C14H23F3N2O2. The molecule has 0 aromatic carbocycles. The molecule has 0 radical (unpaired) electrons. The van der Waals surface area contributed by atoms with Crippen LogP contribution in [-0.4, -0.2) is 41.0 Å². The lowest BCUT2D eigenvalue weighted by Crippen LogP contribution is -2.72. The van der Waals surface area contributed by atoms with Crippen molar-refractivity contribution in [2.24, 2.45) is 5.92 Å². The first-order valence-electron chi connectivity index (χ1n) is 7.31. The molecule has 4 nitrogen and oxygen atoms in total. The minimum absolute atomic E-state index is 0.273. The Labute approximate surface area is 123 Å². The van der Waals surface area contributed by atoms with Gasteiger partial charge in [-0.25, -0.2) is 0 Å². The first-order valence-corrected chi connectivity index (χ1v) is 7.31. The quantitative estimate of drug-likeness (QED) is 0.848. The van der Waals surface area contributed by atoms with Crippen molar-refractivity contribution in [3.63, 3.8) is 0 Å². The molecule has 1 fully saturated rings. The van der Waals surface area contributed by atoms with Crippen molar-refractivity contribution < 1.29 is 22.8 Å². The number of hydrogen-bond acceptors (Lipinski definition) is 2. The minimum atomic E-state index is -4.52. The molecule has 2 amide bonds. The Morgan fingerprint density at radius 2 is 1.76 bits per heavy atom. The molecule has 2 atom stereocenters.